The SMILES string of the molecule is Cc1ccc(C)n1-c1ccc(C(=O)NN=Cc2ccc(OC(=O)c3ccc(Cl)cc3)cc2)cc1. The van der Waals surface area contributed by atoms with Crippen molar-refractivity contribution in [2.45, 2.75) is 13.8 Å². The molecule has 7 heteroatoms. The summed E-state index contributed by atoms with van der Waals surface area (Å²) in [4.78, 5) is 24.6. The predicted octanol–water partition coefficient (Wildman–Crippen LogP) is 5.73. The zero-order valence-electron chi connectivity index (χ0n) is 18.7. The number of aryl methyl sites for hydroxylation is 2. The van der Waals surface area contributed by atoms with Crippen LogP contribution in [-0.2, 0) is 0 Å². The van der Waals surface area contributed by atoms with E-state index in [2.05, 4.69) is 27.2 Å². The van der Waals surface area contributed by atoms with Gasteiger partial charge in [0.05, 0.1) is 11.8 Å². The molecule has 1 heterocycles. The normalized spacial score (nSPS) is 10.9. The van der Waals surface area contributed by atoms with Crippen LogP contribution in [0.3, 0.4) is 0 Å². The number of hydrogen-bond donors (Lipinski definition) is 1. The molecule has 0 spiro atoms. The largest absolute Gasteiger partial charge is 0.423 e. The molecule has 3 aromatic carbocycles. The second-order valence-electron chi connectivity index (χ2n) is 7.66. The number of ether oxygens (including phenoxy) is 1. The highest BCUT2D eigenvalue weighted by atomic mass is 35.5. The van der Waals surface area contributed by atoms with Gasteiger partial charge in [-0.2, -0.15) is 5.10 Å². The quantitative estimate of drug-likeness (QED) is 0.169. The Hall–Kier alpha value is -4.16. The van der Waals surface area contributed by atoms with Gasteiger partial charge >= 0.3 is 5.97 Å². The highest BCUT2D eigenvalue weighted by molar-refractivity contribution is 6.30. The Morgan fingerprint density at radius 1 is 0.824 bits per heavy atom. The van der Waals surface area contributed by atoms with Crippen molar-refractivity contribution < 1.29 is 14.3 Å². The van der Waals surface area contributed by atoms with Crippen molar-refractivity contribution in [1.82, 2.24) is 9.99 Å². The van der Waals surface area contributed by atoms with Crippen LogP contribution in [0.25, 0.3) is 5.69 Å². The predicted molar refractivity (Wildman–Crippen MR) is 133 cm³/mol. The van der Waals surface area contributed by atoms with E-state index >= 15 is 0 Å². The number of hydrogen-bond acceptors (Lipinski definition) is 4. The van der Waals surface area contributed by atoms with E-state index in [9.17, 15) is 9.59 Å². The fourth-order valence-corrected chi connectivity index (χ4v) is 3.57. The van der Waals surface area contributed by atoms with Crippen molar-refractivity contribution in [3.63, 3.8) is 0 Å². The van der Waals surface area contributed by atoms with Crippen LogP contribution >= 0.6 is 11.6 Å². The molecule has 0 saturated carbocycles. The molecule has 0 unspecified atom stereocenters. The fraction of sp³-hybridized carbons (Fsp3) is 0.0741. The van der Waals surface area contributed by atoms with Crippen molar-refractivity contribution >= 4 is 29.7 Å². The Morgan fingerprint density at radius 2 is 1.41 bits per heavy atom. The van der Waals surface area contributed by atoms with Crippen LogP contribution < -0.4 is 10.2 Å². The molecule has 6 nitrogen and oxygen atoms in total. The number of carbonyl (C=O) groups excluding carboxylic acids is 2. The number of rotatable bonds is 6. The monoisotopic (exact) mass is 471 g/mol. The molecule has 0 saturated heterocycles. The fourth-order valence-electron chi connectivity index (χ4n) is 3.44. The van der Waals surface area contributed by atoms with Crippen LogP contribution in [-0.4, -0.2) is 22.7 Å². The standard InChI is InChI=1S/C27H22ClN3O3/c1-18-3-4-19(2)31(18)24-13-9-21(10-14-24)26(32)30-29-17-20-5-15-25(16-6-20)34-27(33)22-7-11-23(28)12-8-22/h3-17H,1-2H3,(H,30,32). The van der Waals surface area contributed by atoms with Crippen LogP contribution in [0, 0.1) is 13.8 Å². The number of aromatic nitrogens is 1. The summed E-state index contributed by atoms with van der Waals surface area (Å²) in [5.74, 6) is -0.384. The van der Waals surface area contributed by atoms with Gasteiger partial charge in [-0.25, -0.2) is 10.2 Å². The summed E-state index contributed by atoms with van der Waals surface area (Å²) in [6.07, 6.45) is 1.52. The van der Waals surface area contributed by atoms with Crippen molar-refractivity contribution in [2.24, 2.45) is 5.10 Å². The lowest BCUT2D eigenvalue weighted by molar-refractivity contribution is 0.0734. The molecule has 0 radical (unpaired) electrons. The minimum absolute atomic E-state index is 0.308. The van der Waals surface area contributed by atoms with Gasteiger partial charge in [-0.05, 0) is 104 Å². The summed E-state index contributed by atoms with van der Waals surface area (Å²) in [5.41, 5.74) is 7.43. The molecule has 1 amide bonds. The van der Waals surface area contributed by atoms with Crippen molar-refractivity contribution in [3.8, 4) is 11.4 Å². The van der Waals surface area contributed by atoms with Crippen LogP contribution in [0.4, 0.5) is 0 Å². The number of halogens is 1. The van der Waals surface area contributed by atoms with E-state index in [4.69, 9.17) is 16.3 Å². The van der Waals surface area contributed by atoms with Gasteiger partial charge in [0, 0.05) is 27.7 Å². The van der Waals surface area contributed by atoms with Crippen molar-refractivity contribution in [1.29, 1.82) is 0 Å². The third kappa shape index (κ3) is 5.42. The first-order valence-electron chi connectivity index (χ1n) is 10.6. The van der Waals surface area contributed by atoms with E-state index in [1.54, 1.807) is 60.7 Å². The summed E-state index contributed by atoms with van der Waals surface area (Å²) in [6, 6.07) is 24.7. The zero-order valence-corrected chi connectivity index (χ0v) is 19.4. The van der Waals surface area contributed by atoms with Gasteiger partial charge in [0.1, 0.15) is 5.75 Å². The number of benzene rings is 3. The second-order valence-corrected chi connectivity index (χ2v) is 8.10. The smallest absolute Gasteiger partial charge is 0.343 e. The van der Waals surface area contributed by atoms with E-state index in [0.717, 1.165) is 22.6 Å². The first-order valence-corrected chi connectivity index (χ1v) is 10.9. The minimum Gasteiger partial charge on any atom is -0.423 e. The molecule has 0 aliphatic rings. The minimum atomic E-state index is -0.474. The second kappa shape index (κ2) is 10.2. The number of carbonyl (C=O) groups is 2. The van der Waals surface area contributed by atoms with E-state index in [1.165, 1.54) is 6.21 Å². The van der Waals surface area contributed by atoms with E-state index in [1.807, 2.05) is 26.0 Å². The lowest BCUT2D eigenvalue weighted by atomic mass is 10.2. The Labute approximate surface area is 202 Å². The summed E-state index contributed by atoms with van der Waals surface area (Å²) in [7, 11) is 0. The summed E-state index contributed by atoms with van der Waals surface area (Å²) in [6.45, 7) is 4.08. The Morgan fingerprint density at radius 3 is 2.03 bits per heavy atom. The molecule has 34 heavy (non-hydrogen) atoms. The van der Waals surface area contributed by atoms with Crippen molar-refractivity contribution in [2.75, 3.05) is 0 Å². The highest BCUT2D eigenvalue weighted by Gasteiger charge is 2.09. The van der Waals surface area contributed by atoms with E-state index < -0.39 is 5.97 Å². The van der Waals surface area contributed by atoms with Gasteiger partial charge in [-0.15, -0.1) is 0 Å². The average Bonchev–Trinajstić information content (AvgIpc) is 3.18. The van der Waals surface area contributed by atoms with Crippen LogP contribution in [0.15, 0.2) is 90.0 Å². The Bertz CT molecular complexity index is 1320. The first kappa shape index (κ1) is 23.0. The Kier molecular flexibility index (Phi) is 6.90. The molecule has 0 aliphatic heterocycles. The molecule has 0 atom stereocenters. The molecule has 1 N–H and O–H groups in total. The van der Waals surface area contributed by atoms with Gasteiger partial charge in [0.2, 0.25) is 0 Å². The topological polar surface area (TPSA) is 72.7 Å². The third-order valence-electron chi connectivity index (χ3n) is 5.21. The molecular weight excluding hydrogens is 450 g/mol. The molecule has 4 aromatic rings. The van der Waals surface area contributed by atoms with Gasteiger partial charge < -0.3 is 9.30 Å². The Balaban J connectivity index is 1.33. The van der Waals surface area contributed by atoms with Gasteiger partial charge in [-0.1, -0.05) is 11.6 Å². The number of esters is 1. The van der Waals surface area contributed by atoms with Crippen LogP contribution in [0.1, 0.15) is 37.7 Å². The highest BCUT2D eigenvalue weighted by Crippen LogP contribution is 2.17. The molecule has 0 aliphatic carbocycles. The first-order chi connectivity index (χ1) is 16.4. The molecule has 1 aromatic heterocycles. The maximum atomic E-state index is 12.4. The third-order valence-corrected chi connectivity index (χ3v) is 5.46. The molecule has 0 bridgehead atoms. The summed E-state index contributed by atoms with van der Waals surface area (Å²) >= 11 is 5.83. The van der Waals surface area contributed by atoms with Crippen LogP contribution in [0.2, 0.25) is 5.02 Å². The molecule has 0 fully saturated rings. The molecular formula is C27H22ClN3O3. The lowest BCUT2D eigenvalue weighted by Gasteiger charge is -2.10. The maximum Gasteiger partial charge on any atom is 0.343 e. The van der Waals surface area contributed by atoms with Gasteiger partial charge in [0.15, 0.2) is 0 Å². The van der Waals surface area contributed by atoms with Gasteiger partial charge in [0.25, 0.3) is 5.91 Å². The zero-order chi connectivity index (χ0) is 24.1. The van der Waals surface area contributed by atoms with Crippen molar-refractivity contribution in [3.05, 3.63) is 118 Å². The van der Waals surface area contributed by atoms with Gasteiger partial charge in [-0.3, -0.25) is 4.79 Å². The number of nitrogens with one attached hydrogen (secondary N) is 1. The number of nitrogens with zero attached hydrogens (tertiary/aromatic N) is 2. The average molecular weight is 472 g/mol. The molecule has 4 rings (SSSR count). The lowest BCUT2D eigenvalue weighted by Crippen LogP contribution is -2.17. The number of amides is 1. The summed E-state index contributed by atoms with van der Waals surface area (Å²) in [5, 5.41) is 4.56. The number of hydrazone groups is 1. The molecule has 170 valence electrons. The van der Waals surface area contributed by atoms with Crippen LogP contribution in [0.5, 0.6) is 5.75 Å². The van der Waals surface area contributed by atoms with E-state index in [0.29, 0.717) is 21.9 Å². The van der Waals surface area contributed by atoms with E-state index in [-0.39, 0.29) is 5.91 Å². The summed E-state index contributed by atoms with van der Waals surface area (Å²) < 4.78 is 7.47. The maximum absolute atomic E-state index is 12.4.